The van der Waals surface area contributed by atoms with Gasteiger partial charge in [-0.25, -0.2) is 4.68 Å². The van der Waals surface area contributed by atoms with Crippen molar-refractivity contribution in [3.05, 3.63) is 60.0 Å². The Morgan fingerprint density at radius 1 is 1.38 bits per heavy atom. The van der Waals surface area contributed by atoms with Gasteiger partial charge in [0.15, 0.2) is 0 Å². The van der Waals surface area contributed by atoms with Crippen LogP contribution in [0.15, 0.2) is 48.9 Å². The molecule has 2 heterocycles. The van der Waals surface area contributed by atoms with Crippen LogP contribution in [0, 0.1) is 0 Å². The second kappa shape index (κ2) is 6.99. The molecule has 0 radical (unpaired) electrons. The number of aromatic nitrogens is 4. The molecule has 7 nitrogen and oxygen atoms in total. The van der Waals surface area contributed by atoms with Gasteiger partial charge in [-0.15, -0.1) is 0 Å². The maximum Gasteiger partial charge on any atom is 0.293 e. The molecule has 0 amide bonds. The summed E-state index contributed by atoms with van der Waals surface area (Å²) in [6.45, 7) is 2.50. The Kier molecular flexibility index (Phi) is 4.60. The van der Waals surface area contributed by atoms with Crippen LogP contribution in [0.5, 0.6) is 0 Å². The monoisotopic (exact) mass is 325 g/mol. The molecule has 2 atom stereocenters. The zero-order valence-corrected chi connectivity index (χ0v) is 13.3. The highest BCUT2D eigenvalue weighted by atomic mass is 16.5. The van der Waals surface area contributed by atoms with E-state index in [9.17, 15) is 4.79 Å². The van der Waals surface area contributed by atoms with E-state index in [1.807, 2.05) is 43.5 Å². The second-order valence-corrected chi connectivity index (χ2v) is 5.61. The van der Waals surface area contributed by atoms with Crippen LogP contribution in [-0.2, 0) is 16.0 Å². The molecule has 24 heavy (non-hydrogen) atoms. The quantitative estimate of drug-likeness (QED) is 0.648. The van der Waals surface area contributed by atoms with Crippen molar-refractivity contribution in [1.29, 1.82) is 0 Å². The third-order valence-electron chi connectivity index (χ3n) is 4.15. The summed E-state index contributed by atoms with van der Waals surface area (Å²) in [4.78, 5) is 10.9. The number of H-pyrrole nitrogens is 1. The van der Waals surface area contributed by atoms with Gasteiger partial charge in [0.25, 0.3) is 6.47 Å². The minimum absolute atomic E-state index is 0.0103. The van der Waals surface area contributed by atoms with Gasteiger partial charge in [-0.3, -0.25) is 9.89 Å². The Morgan fingerprint density at radius 2 is 2.17 bits per heavy atom. The molecule has 7 heteroatoms. The summed E-state index contributed by atoms with van der Waals surface area (Å²) in [7, 11) is 0. The van der Waals surface area contributed by atoms with Gasteiger partial charge in [-0.1, -0.05) is 19.1 Å². The first-order valence-corrected chi connectivity index (χ1v) is 7.66. The molecule has 0 saturated heterocycles. The lowest BCUT2D eigenvalue weighted by Gasteiger charge is -2.22. The Hall–Kier alpha value is -3.09. The molecule has 2 aromatic heterocycles. The van der Waals surface area contributed by atoms with E-state index in [-0.39, 0.29) is 12.0 Å². The van der Waals surface area contributed by atoms with Crippen molar-refractivity contribution in [1.82, 2.24) is 20.0 Å². The summed E-state index contributed by atoms with van der Waals surface area (Å²) in [5.74, 6) is 0.506. The molecular weight excluding hydrogens is 306 g/mol. The Bertz CT molecular complexity index is 780. The normalized spacial score (nSPS) is 13.4. The predicted molar refractivity (Wildman–Crippen MR) is 89.6 cm³/mol. The third-order valence-corrected chi connectivity index (χ3v) is 4.15. The van der Waals surface area contributed by atoms with Crippen molar-refractivity contribution in [2.75, 3.05) is 5.73 Å². The number of nitrogens with zero attached hydrogens (tertiary/aromatic N) is 3. The summed E-state index contributed by atoms with van der Waals surface area (Å²) in [6.07, 6.45) is 5.46. The number of carbonyl (C=O) groups excluding carboxylic acids is 1. The Balaban J connectivity index is 1.78. The van der Waals surface area contributed by atoms with Gasteiger partial charge < -0.3 is 10.5 Å². The number of aromatic amines is 1. The van der Waals surface area contributed by atoms with Crippen LogP contribution in [0.3, 0.4) is 0 Å². The fraction of sp³-hybridized carbons (Fsp3) is 0.235. The third kappa shape index (κ3) is 3.29. The number of nitrogens with one attached hydrogen (secondary N) is 1. The molecule has 0 spiro atoms. The van der Waals surface area contributed by atoms with Crippen molar-refractivity contribution in [3.63, 3.8) is 0 Å². The van der Waals surface area contributed by atoms with Crippen molar-refractivity contribution in [3.8, 4) is 5.69 Å². The zero-order valence-electron chi connectivity index (χ0n) is 13.3. The van der Waals surface area contributed by atoms with Crippen molar-refractivity contribution >= 4 is 12.3 Å². The van der Waals surface area contributed by atoms with Crippen LogP contribution in [0.4, 0.5) is 5.82 Å². The minimum atomic E-state index is -0.321. The lowest BCUT2D eigenvalue weighted by atomic mass is 9.91. The van der Waals surface area contributed by atoms with Crippen LogP contribution in [0.25, 0.3) is 5.69 Å². The predicted octanol–water partition coefficient (Wildman–Crippen LogP) is 2.07. The van der Waals surface area contributed by atoms with Crippen molar-refractivity contribution in [2.24, 2.45) is 0 Å². The molecule has 0 bridgehead atoms. The van der Waals surface area contributed by atoms with E-state index in [0.29, 0.717) is 18.7 Å². The fourth-order valence-corrected chi connectivity index (χ4v) is 2.68. The molecule has 0 aliphatic rings. The van der Waals surface area contributed by atoms with Crippen LogP contribution < -0.4 is 5.73 Å². The van der Waals surface area contributed by atoms with Gasteiger partial charge in [0.2, 0.25) is 0 Å². The molecular formula is C17H19N5O2. The first-order valence-electron chi connectivity index (χ1n) is 7.66. The molecule has 3 N–H and O–H groups in total. The van der Waals surface area contributed by atoms with E-state index >= 15 is 0 Å². The zero-order chi connectivity index (χ0) is 16.9. The molecule has 0 saturated carbocycles. The van der Waals surface area contributed by atoms with Crippen LogP contribution in [0.1, 0.15) is 24.0 Å². The highest BCUT2D eigenvalue weighted by Crippen LogP contribution is 2.26. The van der Waals surface area contributed by atoms with E-state index in [4.69, 9.17) is 10.5 Å². The number of benzene rings is 1. The molecule has 0 aliphatic heterocycles. The fourth-order valence-electron chi connectivity index (χ4n) is 2.68. The van der Waals surface area contributed by atoms with E-state index in [2.05, 4.69) is 15.3 Å². The average Bonchev–Trinajstić information content (AvgIpc) is 3.26. The van der Waals surface area contributed by atoms with Crippen molar-refractivity contribution < 1.29 is 9.53 Å². The van der Waals surface area contributed by atoms with Crippen LogP contribution in [-0.4, -0.2) is 32.6 Å². The largest absolute Gasteiger partial charge is 0.464 e. The molecule has 124 valence electrons. The number of ether oxygens (including phenoxy) is 1. The number of nitrogens with two attached hydrogens (primary N) is 1. The summed E-state index contributed by atoms with van der Waals surface area (Å²) in [5.41, 5.74) is 8.71. The highest BCUT2D eigenvalue weighted by molar-refractivity contribution is 5.41. The van der Waals surface area contributed by atoms with Gasteiger partial charge in [-0.05, 0) is 23.8 Å². The van der Waals surface area contributed by atoms with E-state index in [1.54, 1.807) is 17.1 Å². The minimum Gasteiger partial charge on any atom is -0.464 e. The van der Waals surface area contributed by atoms with E-state index in [0.717, 1.165) is 16.8 Å². The topological polar surface area (TPSA) is 98.8 Å². The number of hydrogen-bond acceptors (Lipinski definition) is 5. The van der Waals surface area contributed by atoms with Crippen LogP contribution >= 0.6 is 0 Å². The van der Waals surface area contributed by atoms with Crippen molar-refractivity contribution in [2.45, 2.75) is 25.4 Å². The summed E-state index contributed by atoms with van der Waals surface area (Å²) in [5, 5.41) is 10.8. The highest BCUT2D eigenvalue weighted by Gasteiger charge is 2.22. The summed E-state index contributed by atoms with van der Waals surface area (Å²) in [6, 6.07) is 9.88. The van der Waals surface area contributed by atoms with Gasteiger partial charge >= 0.3 is 0 Å². The number of hydrogen-bond donors (Lipinski definition) is 2. The summed E-state index contributed by atoms with van der Waals surface area (Å²) >= 11 is 0. The lowest BCUT2D eigenvalue weighted by molar-refractivity contribution is -0.134. The van der Waals surface area contributed by atoms with E-state index in [1.165, 1.54) is 0 Å². The standard InChI is InChI=1S/C17H19N5O2/c1-12(16(24-11-23)9-14-10-19-21-17(14)18)13-3-5-15(6-4-13)22-8-2-7-20-22/h2-8,10-12,16H,9H2,1H3,(H3,18,19,21). The molecule has 2 unspecified atom stereocenters. The number of nitrogen functional groups attached to an aromatic ring is 1. The lowest BCUT2D eigenvalue weighted by Crippen LogP contribution is -2.23. The van der Waals surface area contributed by atoms with Gasteiger partial charge in [-0.2, -0.15) is 10.2 Å². The molecule has 3 aromatic rings. The molecule has 3 rings (SSSR count). The first kappa shape index (κ1) is 15.8. The Morgan fingerprint density at radius 3 is 2.75 bits per heavy atom. The maximum atomic E-state index is 10.9. The number of carbonyl (C=O) groups is 1. The molecule has 0 fully saturated rings. The van der Waals surface area contributed by atoms with E-state index < -0.39 is 0 Å². The van der Waals surface area contributed by atoms with Gasteiger partial charge in [0.1, 0.15) is 11.9 Å². The maximum absolute atomic E-state index is 10.9. The first-order chi connectivity index (χ1) is 11.7. The molecule has 0 aliphatic carbocycles. The average molecular weight is 325 g/mol. The van der Waals surface area contributed by atoms with Gasteiger partial charge in [0, 0.05) is 30.3 Å². The summed E-state index contributed by atoms with van der Waals surface area (Å²) < 4.78 is 7.09. The number of anilines is 1. The SMILES string of the molecule is CC(c1ccc(-n2cccn2)cc1)C(Cc1cn[nH]c1N)OC=O. The Labute approximate surface area is 139 Å². The van der Waals surface area contributed by atoms with Crippen LogP contribution in [0.2, 0.25) is 0 Å². The number of rotatable bonds is 7. The second-order valence-electron chi connectivity index (χ2n) is 5.61. The molecule has 1 aromatic carbocycles. The smallest absolute Gasteiger partial charge is 0.293 e. The van der Waals surface area contributed by atoms with Gasteiger partial charge in [0.05, 0.1) is 11.9 Å².